The van der Waals surface area contributed by atoms with Crippen LogP contribution in [-0.2, 0) is 14.3 Å². The molecule has 0 aromatic carbocycles. The van der Waals surface area contributed by atoms with E-state index in [1.54, 1.807) is 0 Å². The molecule has 2 rings (SSSR count). The first-order chi connectivity index (χ1) is 7.76. The van der Waals surface area contributed by atoms with Gasteiger partial charge in [-0.3, -0.25) is 0 Å². The van der Waals surface area contributed by atoms with Crippen LogP contribution in [0.25, 0.3) is 0 Å². The molecule has 2 saturated heterocycles. The maximum Gasteiger partial charge on any atom is 0.335 e. The van der Waals surface area contributed by atoms with E-state index in [1.807, 2.05) is 6.92 Å². The van der Waals surface area contributed by atoms with Crippen molar-refractivity contribution in [2.75, 3.05) is 26.3 Å². The Morgan fingerprint density at radius 2 is 2.19 bits per heavy atom. The Morgan fingerprint density at radius 1 is 1.44 bits per heavy atom. The van der Waals surface area contributed by atoms with Gasteiger partial charge in [-0.2, -0.15) is 0 Å². The van der Waals surface area contributed by atoms with E-state index in [-0.39, 0.29) is 12.1 Å². The van der Waals surface area contributed by atoms with Crippen LogP contribution >= 0.6 is 0 Å². The smallest absolute Gasteiger partial charge is 0.335 e. The number of piperidine rings is 1. The molecule has 0 bridgehead atoms. The van der Waals surface area contributed by atoms with Crippen LogP contribution in [0.5, 0.6) is 0 Å². The third kappa shape index (κ3) is 2.55. The molecule has 0 saturated carbocycles. The van der Waals surface area contributed by atoms with Crippen molar-refractivity contribution in [1.29, 1.82) is 0 Å². The molecule has 2 fully saturated rings. The molecule has 92 valence electrons. The Labute approximate surface area is 96.7 Å². The van der Waals surface area contributed by atoms with Gasteiger partial charge in [0.15, 0.2) is 6.10 Å². The number of rotatable bonds is 2. The predicted molar refractivity (Wildman–Crippen MR) is 60.1 cm³/mol. The molecule has 2 heterocycles. The van der Waals surface area contributed by atoms with Gasteiger partial charge in [-0.05, 0) is 51.1 Å². The Hall–Kier alpha value is -0.610. The Bertz CT molecular complexity index is 239. The lowest BCUT2D eigenvalue weighted by molar-refractivity contribution is -0.166. The van der Waals surface area contributed by atoms with Gasteiger partial charge >= 0.3 is 5.97 Å². The molecule has 1 spiro atoms. The summed E-state index contributed by atoms with van der Waals surface area (Å²) in [4.78, 5) is 11.5. The Balaban J connectivity index is 1.83. The Kier molecular flexibility index (Phi) is 3.82. The summed E-state index contributed by atoms with van der Waals surface area (Å²) >= 11 is 0. The van der Waals surface area contributed by atoms with E-state index in [0.717, 1.165) is 32.5 Å². The average Bonchev–Trinajstić information content (AvgIpc) is 2.31. The lowest BCUT2D eigenvalue weighted by Gasteiger charge is -2.42. The van der Waals surface area contributed by atoms with E-state index in [2.05, 4.69) is 5.32 Å². The van der Waals surface area contributed by atoms with Crippen molar-refractivity contribution in [2.45, 2.75) is 38.7 Å². The summed E-state index contributed by atoms with van der Waals surface area (Å²) in [7, 11) is 0. The fourth-order valence-corrected chi connectivity index (χ4v) is 2.64. The quantitative estimate of drug-likeness (QED) is 0.718. The SMILES string of the molecule is CCOC(=O)C1CCC2(CCNCC2)CO1. The highest BCUT2D eigenvalue weighted by molar-refractivity contribution is 5.74. The second-order valence-electron chi connectivity index (χ2n) is 4.84. The molecule has 0 aromatic heterocycles. The van der Waals surface area contributed by atoms with Crippen LogP contribution in [0.1, 0.15) is 32.6 Å². The lowest BCUT2D eigenvalue weighted by Crippen LogP contribution is -2.45. The molecule has 4 heteroatoms. The van der Waals surface area contributed by atoms with Crippen LogP contribution in [0.3, 0.4) is 0 Å². The zero-order valence-corrected chi connectivity index (χ0v) is 9.96. The molecule has 16 heavy (non-hydrogen) atoms. The summed E-state index contributed by atoms with van der Waals surface area (Å²) < 4.78 is 10.7. The summed E-state index contributed by atoms with van der Waals surface area (Å²) in [5, 5.41) is 3.36. The molecular formula is C12H21NO3. The van der Waals surface area contributed by atoms with Crippen molar-refractivity contribution in [1.82, 2.24) is 5.32 Å². The monoisotopic (exact) mass is 227 g/mol. The maximum atomic E-state index is 11.5. The normalized spacial score (nSPS) is 28.9. The fraction of sp³-hybridized carbons (Fsp3) is 0.917. The van der Waals surface area contributed by atoms with Gasteiger partial charge in [0.05, 0.1) is 13.2 Å². The number of carbonyl (C=O) groups excluding carboxylic acids is 1. The predicted octanol–water partition coefficient (Wildman–Crippen LogP) is 1.10. The van der Waals surface area contributed by atoms with Crippen molar-refractivity contribution < 1.29 is 14.3 Å². The van der Waals surface area contributed by atoms with E-state index in [9.17, 15) is 4.79 Å². The summed E-state index contributed by atoms with van der Waals surface area (Å²) in [6.07, 6.45) is 3.93. The molecule has 0 radical (unpaired) electrons. The summed E-state index contributed by atoms with van der Waals surface area (Å²) in [5.41, 5.74) is 0.328. The molecule has 2 aliphatic rings. The van der Waals surface area contributed by atoms with Crippen molar-refractivity contribution in [3.05, 3.63) is 0 Å². The van der Waals surface area contributed by atoms with Crippen LogP contribution in [0.4, 0.5) is 0 Å². The van der Waals surface area contributed by atoms with Gasteiger partial charge < -0.3 is 14.8 Å². The van der Waals surface area contributed by atoms with Gasteiger partial charge in [0.1, 0.15) is 0 Å². The highest BCUT2D eigenvalue weighted by Crippen LogP contribution is 2.38. The van der Waals surface area contributed by atoms with E-state index in [1.165, 1.54) is 12.8 Å². The standard InChI is InChI=1S/C12H21NO3/c1-2-15-11(14)10-3-4-12(9-16-10)5-7-13-8-6-12/h10,13H,2-9H2,1H3. The van der Waals surface area contributed by atoms with E-state index >= 15 is 0 Å². The van der Waals surface area contributed by atoms with Gasteiger partial charge in [0.25, 0.3) is 0 Å². The van der Waals surface area contributed by atoms with Gasteiger partial charge in [-0.25, -0.2) is 4.79 Å². The van der Waals surface area contributed by atoms with Crippen molar-refractivity contribution >= 4 is 5.97 Å². The van der Waals surface area contributed by atoms with Crippen molar-refractivity contribution in [3.8, 4) is 0 Å². The summed E-state index contributed by atoms with van der Waals surface area (Å²) in [6.45, 7) is 5.14. The third-order valence-corrected chi connectivity index (χ3v) is 3.74. The highest BCUT2D eigenvalue weighted by atomic mass is 16.6. The molecule has 1 unspecified atom stereocenters. The molecule has 1 N–H and O–H groups in total. The first kappa shape index (κ1) is 11.9. The zero-order chi connectivity index (χ0) is 11.4. The highest BCUT2D eigenvalue weighted by Gasteiger charge is 2.39. The van der Waals surface area contributed by atoms with Crippen LogP contribution in [0.15, 0.2) is 0 Å². The third-order valence-electron chi connectivity index (χ3n) is 3.74. The number of hydrogen-bond donors (Lipinski definition) is 1. The minimum atomic E-state index is -0.319. The van der Waals surface area contributed by atoms with Gasteiger partial charge in [0, 0.05) is 0 Å². The van der Waals surface area contributed by atoms with E-state index in [0.29, 0.717) is 12.0 Å². The number of nitrogens with one attached hydrogen (secondary N) is 1. The second-order valence-corrected chi connectivity index (χ2v) is 4.84. The molecule has 2 aliphatic heterocycles. The lowest BCUT2D eigenvalue weighted by atomic mass is 9.74. The molecule has 4 nitrogen and oxygen atoms in total. The van der Waals surface area contributed by atoms with Gasteiger partial charge in [-0.15, -0.1) is 0 Å². The first-order valence-corrected chi connectivity index (χ1v) is 6.25. The fourth-order valence-electron chi connectivity index (χ4n) is 2.64. The minimum Gasteiger partial charge on any atom is -0.464 e. The average molecular weight is 227 g/mol. The molecule has 0 amide bonds. The summed E-state index contributed by atoms with van der Waals surface area (Å²) in [5.74, 6) is -0.189. The van der Waals surface area contributed by atoms with E-state index in [4.69, 9.17) is 9.47 Å². The molecule has 1 atom stereocenters. The molecule has 0 aliphatic carbocycles. The van der Waals surface area contributed by atoms with Crippen LogP contribution in [-0.4, -0.2) is 38.4 Å². The zero-order valence-electron chi connectivity index (χ0n) is 9.96. The van der Waals surface area contributed by atoms with Crippen LogP contribution in [0, 0.1) is 5.41 Å². The van der Waals surface area contributed by atoms with Crippen LogP contribution < -0.4 is 5.32 Å². The van der Waals surface area contributed by atoms with Gasteiger partial charge in [-0.1, -0.05) is 0 Å². The number of esters is 1. The Morgan fingerprint density at radius 3 is 2.75 bits per heavy atom. The van der Waals surface area contributed by atoms with Gasteiger partial charge in [0.2, 0.25) is 0 Å². The first-order valence-electron chi connectivity index (χ1n) is 6.25. The van der Waals surface area contributed by atoms with Crippen molar-refractivity contribution in [2.24, 2.45) is 5.41 Å². The topological polar surface area (TPSA) is 47.6 Å². The maximum absolute atomic E-state index is 11.5. The molecule has 0 aromatic rings. The minimum absolute atomic E-state index is 0.189. The molecular weight excluding hydrogens is 206 g/mol. The van der Waals surface area contributed by atoms with E-state index < -0.39 is 0 Å². The second kappa shape index (κ2) is 5.15. The number of hydrogen-bond acceptors (Lipinski definition) is 4. The van der Waals surface area contributed by atoms with Crippen molar-refractivity contribution in [3.63, 3.8) is 0 Å². The summed E-state index contributed by atoms with van der Waals surface area (Å²) in [6, 6.07) is 0. The van der Waals surface area contributed by atoms with Crippen LogP contribution in [0.2, 0.25) is 0 Å². The number of ether oxygens (including phenoxy) is 2. The number of carbonyl (C=O) groups is 1. The largest absolute Gasteiger partial charge is 0.464 e.